The van der Waals surface area contributed by atoms with E-state index in [0.717, 1.165) is 24.1 Å². The van der Waals surface area contributed by atoms with Crippen LogP contribution in [-0.2, 0) is 54.4 Å². The van der Waals surface area contributed by atoms with Crippen molar-refractivity contribution in [2.75, 3.05) is 45.8 Å². The van der Waals surface area contributed by atoms with Crippen LogP contribution in [0.3, 0.4) is 0 Å². The van der Waals surface area contributed by atoms with Crippen molar-refractivity contribution >= 4 is 59.1 Å². The van der Waals surface area contributed by atoms with E-state index < -0.39 is 151 Å². The summed E-state index contributed by atoms with van der Waals surface area (Å²) in [5.74, 6) is -8.93. The first kappa shape index (κ1) is 70.3. The molecule has 27 nitrogen and oxygen atoms in total. The predicted octanol–water partition coefficient (Wildman–Crippen LogP) is -4.14. The van der Waals surface area contributed by atoms with Crippen molar-refractivity contribution in [1.29, 1.82) is 0 Å². The normalized spacial score (nSPS) is 25.1. The zero-order chi connectivity index (χ0) is 62.9. The number of aliphatic hydroxyl groups excluding tert-OH is 2. The Kier molecular flexibility index (Phi) is 29.3. The van der Waals surface area contributed by atoms with Crippen LogP contribution in [0, 0.1) is 23.7 Å². The number of piperidine rings is 1. The highest BCUT2D eigenvalue weighted by molar-refractivity contribution is 5.99. The number of hydrogen-bond acceptors (Lipinski definition) is 17. The van der Waals surface area contributed by atoms with E-state index in [-0.39, 0.29) is 63.6 Å². The first-order valence-corrected chi connectivity index (χ1v) is 29.4. The van der Waals surface area contributed by atoms with Crippen LogP contribution in [0.15, 0.2) is 54.6 Å². The third-order valence-electron chi connectivity index (χ3n) is 14.7. The fourth-order valence-corrected chi connectivity index (χ4v) is 10.2. The van der Waals surface area contributed by atoms with Crippen LogP contribution in [0.1, 0.15) is 92.1 Å². The summed E-state index contributed by atoms with van der Waals surface area (Å²) in [6.45, 7) is 9.90. The number of carbonyl (C=O) groups is 10. The van der Waals surface area contributed by atoms with E-state index in [1.54, 1.807) is 26.0 Å². The summed E-state index contributed by atoms with van der Waals surface area (Å²) in [5.41, 5.74) is 26.2. The molecule has 472 valence electrons. The highest BCUT2D eigenvalue weighted by atomic mass is 16.3. The number of benzene rings is 2. The third kappa shape index (κ3) is 22.7. The molecule has 2 saturated heterocycles. The second-order valence-corrected chi connectivity index (χ2v) is 22.9. The van der Waals surface area contributed by atoms with Crippen molar-refractivity contribution in [2.45, 2.75) is 159 Å². The van der Waals surface area contributed by atoms with Gasteiger partial charge in [0, 0.05) is 26.1 Å². The molecular weight excluding hydrogens is 1100 g/mol. The lowest BCUT2D eigenvalue weighted by Crippen LogP contribution is -2.62. The van der Waals surface area contributed by atoms with Gasteiger partial charge in [0.1, 0.15) is 54.4 Å². The molecule has 0 radical (unpaired) electrons. The number of carbonyl (C=O) groups excluding carboxylic acids is 10. The fourth-order valence-electron chi connectivity index (χ4n) is 10.2. The van der Waals surface area contributed by atoms with Gasteiger partial charge in [-0.1, -0.05) is 82.3 Å². The van der Waals surface area contributed by atoms with Crippen LogP contribution in [0.25, 0.3) is 11.1 Å². The van der Waals surface area contributed by atoms with Gasteiger partial charge in [-0.2, -0.15) is 0 Å². The molecule has 2 aromatic rings. The van der Waals surface area contributed by atoms with Gasteiger partial charge < -0.3 is 91.6 Å². The maximum Gasteiger partial charge on any atom is 0.245 e. The molecule has 0 aliphatic carbocycles. The van der Waals surface area contributed by atoms with E-state index in [4.69, 9.17) is 22.9 Å². The van der Waals surface area contributed by atoms with Gasteiger partial charge in [-0.3, -0.25) is 47.9 Å². The summed E-state index contributed by atoms with van der Waals surface area (Å²) < 4.78 is 0. The van der Waals surface area contributed by atoms with Crippen LogP contribution in [0.5, 0.6) is 0 Å². The lowest BCUT2D eigenvalue weighted by Gasteiger charge is -2.32. The second-order valence-electron chi connectivity index (χ2n) is 22.9. The number of amides is 10. The van der Waals surface area contributed by atoms with E-state index >= 15 is 0 Å². The van der Waals surface area contributed by atoms with Crippen molar-refractivity contribution in [3.63, 3.8) is 0 Å². The molecule has 13 atom stereocenters. The Labute approximate surface area is 497 Å². The van der Waals surface area contributed by atoms with E-state index in [1.165, 1.54) is 13.8 Å². The van der Waals surface area contributed by atoms with Gasteiger partial charge in [-0.25, -0.2) is 0 Å². The van der Waals surface area contributed by atoms with Crippen molar-refractivity contribution in [1.82, 2.24) is 58.5 Å². The third-order valence-corrected chi connectivity index (χ3v) is 14.7. The molecule has 27 heteroatoms. The van der Waals surface area contributed by atoms with Gasteiger partial charge >= 0.3 is 0 Å². The molecule has 2 aliphatic rings. The Balaban J connectivity index is 1.74. The standard InChI is InChI=1S/C58H93N15O12/c1-31(2)24-36-26-39(30-63-29-36)49(76)72-48(34(6)75)58(85)71-46(28-62)56(83)68-43-19-23-64-57(84)47(33(5)74)73-53(80)42(18-22-61)66-50(77)40(16-20-59)67-54(81)44(25-32(3)4)69-55(82)45(70-51(78)41(17-21-60)65-52(43)79)27-35-12-14-38(15-13-35)37-10-8-7-9-11-37/h7-15,31-34,36,39-48,63,74-75H,16-30,59-62H2,1-6H3,(H,64,84)(H,65,79)(H,66,77)(H,67,81)(H,68,83)(H,69,82)(H,70,78)(H,71,85)(H,72,76)(H,73,80)/t33-,34-,36+,39+,40+,41+,42+,43+,44+,45-,46+,47+,48+/m1/s1. The Morgan fingerprint density at radius 2 is 1.08 bits per heavy atom. The van der Waals surface area contributed by atoms with Crippen LogP contribution >= 0.6 is 0 Å². The second kappa shape index (κ2) is 35.3. The minimum atomic E-state index is -1.67. The quantitative estimate of drug-likeness (QED) is 0.0532. The van der Waals surface area contributed by atoms with Crippen molar-refractivity contribution in [3.05, 3.63) is 60.2 Å². The molecule has 10 amide bonds. The largest absolute Gasteiger partial charge is 0.391 e. The lowest BCUT2D eigenvalue weighted by molar-refractivity contribution is -0.137. The van der Waals surface area contributed by atoms with Gasteiger partial charge in [-0.15, -0.1) is 0 Å². The van der Waals surface area contributed by atoms with E-state index in [9.17, 15) is 58.2 Å². The zero-order valence-corrected chi connectivity index (χ0v) is 49.7. The van der Waals surface area contributed by atoms with Crippen LogP contribution in [-0.4, -0.2) is 182 Å². The van der Waals surface area contributed by atoms with Crippen molar-refractivity contribution in [3.8, 4) is 11.1 Å². The van der Waals surface area contributed by atoms with E-state index in [0.29, 0.717) is 24.4 Å². The summed E-state index contributed by atoms with van der Waals surface area (Å²) in [5, 5.41) is 50.6. The number of rotatable bonds is 22. The van der Waals surface area contributed by atoms with Crippen LogP contribution < -0.4 is 81.4 Å². The molecule has 2 fully saturated rings. The fraction of sp³-hybridized carbons (Fsp3) is 0.621. The number of nitrogens with two attached hydrogens (primary N) is 4. The topological polar surface area (TPSA) is 448 Å². The van der Waals surface area contributed by atoms with Gasteiger partial charge in [0.05, 0.1) is 18.1 Å². The lowest BCUT2D eigenvalue weighted by atomic mass is 9.84. The minimum Gasteiger partial charge on any atom is -0.391 e. The number of aliphatic hydroxyl groups is 2. The highest BCUT2D eigenvalue weighted by Crippen LogP contribution is 2.24. The Morgan fingerprint density at radius 1 is 0.576 bits per heavy atom. The smallest absolute Gasteiger partial charge is 0.245 e. The minimum absolute atomic E-state index is 0.0463. The molecule has 2 heterocycles. The summed E-state index contributed by atoms with van der Waals surface area (Å²) in [4.78, 5) is 141. The average molecular weight is 1190 g/mol. The molecule has 0 spiro atoms. The molecule has 21 N–H and O–H groups in total. The molecule has 0 saturated carbocycles. The van der Waals surface area contributed by atoms with Gasteiger partial charge in [0.15, 0.2) is 0 Å². The number of hydrogen-bond donors (Lipinski definition) is 17. The van der Waals surface area contributed by atoms with Gasteiger partial charge in [-0.05, 0) is 119 Å². The molecule has 0 aromatic heterocycles. The Bertz CT molecular complexity index is 2540. The Hall–Kier alpha value is -7.14. The molecule has 0 unspecified atom stereocenters. The van der Waals surface area contributed by atoms with Gasteiger partial charge in [0.25, 0.3) is 0 Å². The maximum absolute atomic E-state index is 14.7. The molecule has 85 heavy (non-hydrogen) atoms. The van der Waals surface area contributed by atoms with Crippen molar-refractivity contribution in [2.24, 2.45) is 46.6 Å². The van der Waals surface area contributed by atoms with E-state index in [2.05, 4.69) is 72.3 Å². The van der Waals surface area contributed by atoms with Crippen LogP contribution in [0.4, 0.5) is 0 Å². The highest BCUT2D eigenvalue weighted by Gasteiger charge is 2.38. The molecule has 2 aliphatic heterocycles. The Morgan fingerprint density at radius 3 is 1.61 bits per heavy atom. The molecule has 2 aromatic carbocycles. The predicted molar refractivity (Wildman–Crippen MR) is 317 cm³/mol. The SMILES string of the molecule is CC(C)C[C@@H]1CNC[C@@H](C(=O)N[C@H](C(=O)N[C@@H](CN)C(=O)N[C@H]2CCNC(=O)[C@H]([C@@H](C)O)NC(=O)[C@H](CCN)NC(=O)[C@H](CCN)NC(=O)[C@H](CC(C)C)NC(=O)[C@@H](Cc3ccc(-c4ccccc4)cc3)NC(=O)[C@H](CCN)NC2=O)[C@@H](C)O)C1. The van der Waals surface area contributed by atoms with E-state index in [1.807, 2.05) is 42.5 Å². The summed E-state index contributed by atoms with van der Waals surface area (Å²) in [6, 6.07) is 3.27. The molecular formula is C58H93N15O12. The zero-order valence-electron chi connectivity index (χ0n) is 49.7. The first-order chi connectivity index (χ1) is 40.4. The average Bonchev–Trinajstić information content (AvgIpc) is 3.62. The van der Waals surface area contributed by atoms with Crippen LogP contribution in [0.2, 0.25) is 0 Å². The first-order valence-electron chi connectivity index (χ1n) is 29.4. The maximum atomic E-state index is 14.7. The summed E-state index contributed by atoms with van der Waals surface area (Å²) in [6.07, 6.45) is -2.61. The number of nitrogens with one attached hydrogen (secondary N) is 11. The summed E-state index contributed by atoms with van der Waals surface area (Å²) in [7, 11) is 0. The molecule has 4 rings (SSSR count). The monoisotopic (exact) mass is 1190 g/mol. The van der Waals surface area contributed by atoms with Gasteiger partial charge in [0.2, 0.25) is 59.1 Å². The van der Waals surface area contributed by atoms with Crippen molar-refractivity contribution < 1.29 is 58.2 Å². The summed E-state index contributed by atoms with van der Waals surface area (Å²) >= 11 is 0. The molecule has 0 bridgehead atoms.